The number of carbonyl (C=O) groups is 1. The summed E-state index contributed by atoms with van der Waals surface area (Å²) < 4.78 is 0. The molecule has 0 atom stereocenters. The number of nitrogens with one attached hydrogen (secondary N) is 1. The molecule has 0 aromatic rings. The Bertz CT molecular complexity index is 115. The molecular weight excluding hydrogens is 144 g/mol. The third-order valence-electron chi connectivity index (χ3n) is 0.473. The van der Waals surface area contributed by atoms with Gasteiger partial charge in [-0.05, 0) is 0 Å². The van der Waals surface area contributed by atoms with Gasteiger partial charge in [0.25, 0.3) is 0 Å². The second kappa shape index (κ2) is 5.37. The monoisotopic (exact) mass is 150 g/mol. The zero-order chi connectivity index (χ0) is 7.11. The van der Waals surface area contributed by atoms with Crippen LogP contribution in [0.1, 0.15) is 0 Å². The number of rotatable bonds is 4. The maximum absolute atomic E-state index is 9.74. The summed E-state index contributed by atoms with van der Waals surface area (Å²) in [5.74, 6) is -0.659. The number of aliphatic carboxylic acids is 1. The fourth-order valence-electron chi connectivity index (χ4n) is 0.208. The highest BCUT2D eigenvalue weighted by Crippen LogP contribution is 1.68. The lowest BCUT2D eigenvalue weighted by Gasteiger charge is -1.90. The van der Waals surface area contributed by atoms with Gasteiger partial charge in [0, 0.05) is 12.4 Å². The van der Waals surface area contributed by atoms with E-state index < -0.39 is 5.97 Å². The molecule has 0 aliphatic rings. The van der Waals surface area contributed by atoms with Crippen molar-refractivity contribution >= 4 is 23.8 Å². The molecule has 4 nitrogen and oxygen atoms in total. The van der Waals surface area contributed by atoms with Gasteiger partial charge >= 0.3 is 5.97 Å². The molecule has 0 unspecified atom stereocenters. The van der Waals surface area contributed by atoms with Crippen molar-refractivity contribution in [3.05, 3.63) is 0 Å². The zero-order valence-electron chi connectivity index (χ0n) is 4.67. The first-order valence-corrected chi connectivity index (χ1v) is 2.85. The van der Waals surface area contributed by atoms with Gasteiger partial charge in [-0.2, -0.15) is 5.10 Å². The topological polar surface area (TPSA) is 61.7 Å². The van der Waals surface area contributed by atoms with Gasteiger partial charge in [0.2, 0.25) is 0 Å². The van der Waals surface area contributed by atoms with E-state index in [2.05, 4.69) is 10.5 Å². The van der Waals surface area contributed by atoms with E-state index in [0.717, 1.165) is 6.21 Å². The molecule has 0 bridgehead atoms. The molecule has 0 aliphatic carbocycles. The van der Waals surface area contributed by atoms with Crippen molar-refractivity contribution in [3.63, 3.8) is 0 Å². The van der Waals surface area contributed by atoms with E-state index in [0.29, 0.717) is 12.4 Å². The van der Waals surface area contributed by atoms with Crippen LogP contribution in [0, 0.1) is 0 Å². The molecule has 0 aliphatic heterocycles. The van der Waals surface area contributed by atoms with Crippen molar-refractivity contribution in [1.29, 1.82) is 0 Å². The van der Waals surface area contributed by atoms with Gasteiger partial charge in [0.1, 0.15) is 6.21 Å². The van der Waals surface area contributed by atoms with Crippen molar-refractivity contribution in [1.82, 2.24) is 5.43 Å². The highest BCUT2D eigenvalue weighted by molar-refractivity contribution is 6.21. The van der Waals surface area contributed by atoms with Crippen LogP contribution in [0.5, 0.6) is 0 Å². The maximum Gasteiger partial charge on any atom is 0.348 e. The lowest BCUT2D eigenvalue weighted by Crippen LogP contribution is -2.10. The minimum Gasteiger partial charge on any atom is -0.477 e. The maximum atomic E-state index is 9.74. The summed E-state index contributed by atoms with van der Waals surface area (Å²) >= 11 is 5.23. The number of carboxylic acids is 1. The van der Waals surface area contributed by atoms with Crippen LogP contribution < -0.4 is 5.43 Å². The predicted octanol–water partition coefficient (Wildman–Crippen LogP) is -0.115. The van der Waals surface area contributed by atoms with Crippen molar-refractivity contribution < 1.29 is 9.90 Å². The van der Waals surface area contributed by atoms with Crippen LogP contribution in [0.15, 0.2) is 5.10 Å². The highest BCUT2D eigenvalue weighted by atomic mass is 35.5. The molecular formula is C4H7ClN2O2. The molecule has 2 N–H and O–H groups in total. The molecule has 0 saturated heterocycles. The number of hydrazone groups is 1. The lowest BCUT2D eigenvalue weighted by atomic mass is 10.8. The third-order valence-corrected chi connectivity index (χ3v) is 0.662. The smallest absolute Gasteiger partial charge is 0.348 e. The SMILES string of the molecule is O=C(O)/C=N/NCCCl. The van der Waals surface area contributed by atoms with Gasteiger partial charge in [0.05, 0.1) is 0 Å². The quantitative estimate of drug-likeness (QED) is 0.254. The van der Waals surface area contributed by atoms with E-state index >= 15 is 0 Å². The average molecular weight is 151 g/mol. The average Bonchev–Trinajstić information content (AvgIpc) is 1.80. The third kappa shape index (κ3) is 7.23. The second-order valence-electron chi connectivity index (χ2n) is 1.19. The van der Waals surface area contributed by atoms with Gasteiger partial charge in [-0.15, -0.1) is 11.6 Å². The Labute approximate surface area is 57.5 Å². The molecule has 0 fully saturated rings. The van der Waals surface area contributed by atoms with Gasteiger partial charge in [-0.1, -0.05) is 0 Å². The molecule has 0 aromatic carbocycles. The standard InChI is InChI=1S/C4H7ClN2O2/c5-1-2-6-7-3-4(8)9/h3,6H,1-2H2,(H,8,9)/b7-3+. The first-order valence-electron chi connectivity index (χ1n) is 2.32. The molecule has 0 amide bonds. The summed E-state index contributed by atoms with van der Waals surface area (Å²) in [6.45, 7) is 0.478. The molecule has 0 saturated carbocycles. The normalized spacial score (nSPS) is 9.89. The van der Waals surface area contributed by atoms with Crippen LogP contribution in [0.25, 0.3) is 0 Å². The highest BCUT2D eigenvalue weighted by Gasteiger charge is 1.83. The van der Waals surface area contributed by atoms with E-state index in [1.54, 1.807) is 0 Å². The van der Waals surface area contributed by atoms with Crippen LogP contribution in [-0.4, -0.2) is 29.7 Å². The molecule has 52 valence electrons. The molecule has 0 rings (SSSR count). The minimum atomic E-state index is -1.07. The van der Waals surface area contributed by atoms with E-state index in [-0.39, 0.29) is 0 Å². The number of hydrogen-bond donors (Lipinski definition) is 2. The van der Waals surface area contributed by atoms with Crippen LogP contribution in [-0.2, 0) is 4.79 Å². The molecule has 0 heterocycles. The summed E-state index contributed by atoms with van der Waals surface area (Å²) in [4.78, 5) is 9.74. The summed E-state index contributed by atoms with van der Waals surface area (Å²) in [7, 11) is 0. The van der Waals surface area contributed by atoms with Crippen LogP contribution in [0.4, 0.5) is 0 Å². The fourth-order valence-corrected chi connectivity index (χ4v) is 0.292. The predicted molar refractivity (Wildman–Crippen MR) is 34.9 cm³/mol. The molecule has 0 aromatic heterocycles. The van der Waals surface area contributed by atoms with Crippen LogP contribution in [0.2, 0.25) is 0 Å². The summed E-state index contributed by atoms with van der Waals surface area (Å²) in [5, 5.41) is 11.3. The van der Waals surface area contributed by atoms with Crippen molar-refractivity contribution in [2.45, 2.75) is 0 Å². The lowest BCUT2D eigenvalue weighted by molar-refractivity contribution is -0.128. The van der Waals surface area contributed by atoms with Crippen molar-refractivity contribution in [2.75, 3.05) is 12.4 Å². The van der Waals surface area contributed by atoms with Crippen molar-refractivity contribution in [2.24, 2.45) is 5.10 Å². The van der Waals surface area contributed by atoms with E-state index in [1.807, 2.05) is 0 Å². The van der Waals surface area contributed by atoms with Gasteiger partial charge in [-0.3, -0.25) is 0 Å². The minimum absolute atomic E-state index is 0.414. The Balaban J connectivity index is 3.15. The number of halogens is 1. The Morgan fingerprint density at radius 1 is 1.89 bits per heavy atom. The Hall–Kier alpha value is -0.770. The van der Waals surface area contributed by atoms with Gasteiger partial charge in [-0.25, -0.2) is 4.79 Å². The number of hydrogen-bond acceptors (Lipinski definition) is 3. The molecule has 5 heteroatoms. The first kappa shape index (κ1) is 8.23. The summed E-state index contributed by atoms with van der Waals surface area (Å²) in [6.07, 6.45) is 0.770. The van der Waals surface area contributed by atoms with Gasteiger partial charge < -0.3 is 10.5 Å². The number of nitrogens with zero attached hydrogens (tertiary/aromatic N) is 1. The second-order valence-corrected chi connectivity index (χ2v) is 1.57. The number of alkyl halides is 1. The Morgan fingerprint density at radius 3 is 3.00 bits per heavy atom. The van der Waals surface area contributed by atoms with E-state index in [4.69, 9.17) is 16.7 Å². The molecule has 0 radical (unpaired) electrons. The first-order chi connectivity index (χ1) is 4.27. The fraction of sp³-hybridized carbons (Fsp3) is 0.500. The van der Waals surface area contributed by atoms with Crippen LogP contribution >= 0.6 is 11.6 Å². The Kier molecular flexibility index (Phi) is 4.91. The Morgan fingerprint density at radius 2 is 2.56 bits per heavy atom. The molecule has 0 spiro atoms. The summed E-state index contributed by atoms with van der Waals surface area (Å²) in [5.41, 5.74) is 2.42. The summed E-state index contributed by atoms with van der Waals surface area (Å²) in [6, 6.07) is 0. The number of carboxylic acid groups (broad SMARTS) is 1. The van der Waals surface area contributed by atoms with Crippen LogP contribution in [0.3, 0.4) is 0 Å². The molecule has 9 heavy (non-hydrogen) atoms. The largest absolute Gasteiger partial charge is 0.477 e. The zero-order valence-corrected chi connectivity index (χ0v) is 5.43. The van der Waals surface area contributed by atoms with Gasteiger partial charge in [0.15, 0.2) is 0 Å². The van der Waals surface area contributed by atoms with Crippen molar-refractivity contribution in [3.8, 4) is 0 Å². The van der Waals surface area contributed by atoms with E-state index in [1.165, 1.54) is 0 Å². The van der Waals surface area contributed by atoms with E-state index in [9.17, 15) is 4.79 Å².